The Morgan fingerprint density at radius 2 is 1.58 bits per heavy atom. The van der Waals surface area contributed by atoms with Crippen molar-refractivity contribution in [2.45, 2.75) is 32.2 Å². The minimum Gasteiger partial charge on any atom is -0.497 e. The Balaban J connectivity index is 0.00000196. The Kier molecular flexibility index (Phi) is 6.80. The molecule has 0 aromatic heterocycles. The lowest BCUT2D eigenvalue weighted by Crippen LogP contribution is -2.39. The van der Waals surface area contributed by atoms with Gasteiger partial charge in [0, 0.05) is 6.54 Å². The van der Waals surface area contributed by atoms with Crippen LogP contribution < -0.4 is 10.1 Å². The normalized spacial score (nSPS) is 20.0. The van der Waals surface area contributed by atoms with Crippen molar-refractivity contribution in [3.05, 3.63) is 42.0 Å². The fraction of sp³-hybridized carbons (Fsp3) is 0.545. The molecule has 0 amide bonds. The van der Waals surface area contributed by atoms with Gasteiger partial charge in [0.1, 0.15) is 5.75 Å². The first-order chi connectivity index (χ1) is 12.3. The molecular formula is C22H31ClN2O. The monoisotopic (exact) mass is 374 g/mol. The van der Waals surface area contributed by atoms with Crippen LogP contribution in [0.3, 0.4) is 0 Å². The number of piperidine rings is 2. The number of ether oxygens (including phenoxy) is 1. The predicted molar refractivity (Wildman–Crippen MR) is 111 cm³/mol. The topological polar surface area (TPSA) is 24.5 Å². The fourth-order valence-electron chi connectivity index (χ4n) is 4.65. The van der Waals surface area contributed by atoms with Gasteiger partial charge in [-0.15, -0.1) is 12.4 Å². The first kappa shape index (κ1) is 19.5. The van der Waals surface area contributed by atoms with Gasteiger partial charge in [0.05, 0.1) is 7.11 Å². The number of halogens is 1. The second-order valence-electron chi connectivity index (χ2n) is 7.75. The number of benzene rings is 2. The van der Waals surface area contributed by atoms with Crippen LogP contribution in [0.2, 0.25) is 0 Å². The number of likely N-dealkylation sites (tertiary alicyclic amines) is 1. The third-order valence-electron chi connectivity index (χ3n) is 6.20. The maximum Gasteiger partial charge on any atom is 0.119 e. The molecule has 2 aliphatic rings. The van der Waals surface area contributed by atoms with E-state index < -0.39 is 0 Å². The highest BCUT2D eigenvalue weighted by Gasteiger charge is 2.27. The summed E-state index contributed by atoms with van der Waals surface area (Å²) in [6.07, 6.45) is 5.54. The second kappa shape index (κ2) is 9.07. The van der Waals surface area contributed by atoms with E-state index in [2.05, 4.69) is 46.6 Å². The summed E-state index contributed by atoms with van der Waals surface area (Å²) < 4.78 is 5.32. The zero-order valence-corrected chi connectivity index (χ0v) is 16.6. The Morgan fingerprint density at radius 1 is 0.923 bits per heavy atom. The standard InChI is InChI=1S/C22H30N2O.ClH/c1-25-22-5-4-20-14-17(2-3-21(20)15-22)16-24-12-8-19(9-13-24)18-6-10-23-11-7-18;/h2-5,14-15,18-19,23H,6-13,16H2,1H3;1H. The summed E-state index contributed by atoms with van der Waals surface area (Å²) in [4.78, 5) is 2.64. The van der Waals surface area contributed by atoms with Crippen molar-refractivity contribution in [1.82, 2.24) is 10.2 Å². The molecule has 0 bridgehead atoms. The molecule has 0 spiro atoms. The Labute approximate surface area is 163 Å². The molecule has 3 nitrogen and oxygen atoms in total. The van der Waals surface area contributed by atoms with Crippen molar-refractivity contribution in [3.63, 3.8) is 0 Å². The molecule has 2 aromatic carbocycles. The van der Waals surface area contributed by atoms with Crippen LogP contribution >= 0.6 is 12.4 Å². The molecule has 2 fully saturated rings. The molecular weight excluding hydrogens is 344 g/mol. The largest absolute Gasteiger partial charge is 0.497 e. The van der Waals surface area contributed by atoms with Crippen LogP contribution in [0.15, 0.2) is 36.4 Å². The summed E-state index contributed by atoms with van der Waals surface area (Å²) in [5.41, 5.74) is 1.43. The third-order valence-corrected chi connectivity index (χ3v) is 6.20. The van der Waals surface area contributed by atoms with Gasteiger partial charge in [0.15, 0.2) is 0 Å². The number of hydrogen-bond donors (Lipinski definition) is 1. The molecule has 2 aromatic rings. The zero-order chi connectivity index (χ0) is 17.1. The molecule has 2 saturated heterocycles. The first-order valence-corrected chi connectivity index (χ1v) is 9.81. The van der Waals surface area contributed by atoms with Gasteiger partial charge in [-0.3, -0.25) is 4.90 Å². The lowest BCUT2D eigenvalue weighted by atomic mass is 9.79. The molecule has 4 heteroatoms. The molecule has 4 rings (SSSR count). The van der Waals surface area contributed by atoms with E-state index >= 15 is 0 Å². The van der Waals surface area contributed by atoms with Crippen LogP contribution in [0.4, 0.5) is 0 Å². The van der Waals surface area contributed by atoms with E-state index in [1.165, 1.54) is 68.2 Å². The highest BCUT2D eigenvalue weighted by atomic mass is 35.5. The zero-order valence-electron chi connectivity index (χ0n) is 15.7. The van der Waals surface area contributed by atoms with Gasteiger partial charge < -0.3 is 10.1 Å². The minimum absolute atomic E-state index is 0. The maximum atomic E-state index is 5.32. The van der Waals surface area contributed by atoms with Crippen molar-refractivity contribution in [3.8, 4) is 5.75 Å². The molecule has 1 N–H and O–H groups in total. The smallest absolute Gasteiger partial charge is 0.119 e. The summed E-state index contributed by atoms with van der Waals surface area (Å²) in [7, 11) is 1.73. The van der Waals surface area contributed by atoms with E-state index in [0.29, 0.717) is 0 Å². The molecule has 26 heavy (non-hydrogen) atoms. The Bertz CT molecular complexity index is 706. The van der Waals surface area contributed by atoms with E-state index in [0.717, 1.165) is 24.1 Å². The third kappa shape index (κ3) is 4.51. The van der Waals surface area contributed by atoms with Crippen LogP contribution in [-0.4, -0.2) is 38.2 Å². The number of nitrogens with one attached hydrogen (secondary N) is 1. The minimum atomic E-state index is 0. The maximum absolute atomic E-state index is 5.32. The van der Waals surface area contributed by atoms with Crippen LogP contribution in [0.25, 0.3) is 10.8 Å². The summed E-state index contributed by atoms with van der Waals surface area (Å²) >= 11 is 0. The van der Waals surface area contributed by atoms with Gasteiger partial charge in [0.2, 0.25) is 0 Å². The van der Waals surface area contributed by atoms with Crippen LogP contribution in [0.1, 0.15) is 31.2 Å². The van der Waals surface area contributed by atoms with Gasteiger partial charge in [-0.05, 0) is 98.2 Å². The quantitative estimate of drug-likeness (QED) is 0.853. The fourth-order valence-corrected chi connectivity index (χ4v) is 4.65. The van der Waals surface area contributed by atoms with Gasteiger partial charge in [-0.25, -0.2) is 0 Å². The molecule has 0 aliphatic carbocycles. The van der Waals surface area contributed by atoms with Crippen molar-refractivity contribution in [2.75, 3.05) is 33.3 Å². The van der Waals surface area contributed by atoms with Crippen molar-refractivity contribution in [2.24, 2.45) is 11.8 Å². The van der Waals surface area contributed by atoms with E-state index in [9.17, 15) is 0 Å². The van der Waals surface area contributed by atoms with Crippen LogP contribution in [0, 0.1) is 11.8 Å². The molecule has 2 aliphatic heterocycles. The summed E-state index contributed by atoms with van der Waals surface area (Å²) in [5.74, 6) is 2.86. The molecule has 2 heterocycles. The number of methoxy groups -OCH3 is 1. The molecule has 0 atom stereocenters. The summed E-state index contributed by atoms with van der Waals surface area (Å²) in [6.45, 7) is 6.06. The average molecular weight is 375 g/mol. The summed E-state index contributed by atoms with van der Waals surface area (Å²) in [5, 5.41) is 6.06. The highest BCUT2D eigenvalue weighted by molar-refractivity contribution is 5.85. The van der Waals surface area contributed by atoms with Crippen LogP contribution in [-0.2, 0) is 6.54 Å². The molecule has 0 unspecified atom stereocenters. The average Bonchev–Trinajstić information content (AvgIpc) is 2.69. The number of rotatable bonds is 4. The van der Waals surface area contributed by atoms with Crippen molar-refractivity contribution >= 4 is 23.2 Å². The van der Waals surface area contributed by atoms with Gasteiger partial charge in [0.25, 0.3) is 0 Å². The van der Waals surface area contributed by atoms with Gasteiger partial charge in [-0.1, -0.05) is 18.2 Å². The lowest BCUT2D eigenvalue weighted by Gasteiger charge is -2.37. The lowest BCUT2D eigenvalue weighted by molar-refractivity contribution is 0.126. The Hall–Kier alpha value is -1.29. The van der Waals surface area contributed by atoms with E-state index in [-0.39, 0.29) is 12.4 Å². The number of fused-ring (bicyclic) bond motifs is 1. The van der Waals surface area contributed by atoms with Crippen molar-refractivity contribution < 1.29 is 4.74 Å². The Morgan fingerprint density at radius 3 is 2.31 bits per heavy atom. The SMILES string of the molecule is COc1ccc2cc(CN3CCC(C4CCNCC4)CC3)ccc2c1.Cl. The van der Waals surface area contributed by atoms with Gasteiger partial charge in [-0.2, -0.15) is 0 Å². The molecule has 0 radical (unpaired) electrons. The first-order valence-electron chi connectivity index (χ1n) is 9.81. The highest BCUT2D eigenvalue weighted by Crippen LogP contribution is 2.31. The van der Waals surface area contributed by atoms with E-state index in [4.69, 9.17) is 4.74 Å². The van der Waals surface area contributed by atoms with E-state index in [1.807, 2.05) is 0 Å². The van der Waals surface area contributed by atoms with E-state index in [1.54, 1.807) is 7.11 Å². The summed E-state index contributed by atoms with van der Waals surface area (Å²) in [6, 6.07) is 13.2. The van der Waals surface area contributed by atoms with Crippen LogP contribution in [0.5, 0.6) is 5.75 Å². The predicted octanol–water partition coefficient (Wildman–Crippen LogP) is 4.48. The number of nitrogens with zero attached hydrogens (tertiary/aromatic N) is 1. The molecule has 142 valence electrons. The van der Waals surface area contributed by atoms with Crippen molar-refractivity contribution in [1.29, 1.82) is 0 Å². The number of hydrogen-bond acceptors (Lipinski definition) is 3. The van der Waals surface area contributed by atoms with Gasteiger partial charge >= 0.3 is 0 Å². The second-order valence-corrected chi connectivity index (χ2v) is 7.75. The molecule has 0 saturated carbocycles.